The molecule has 0 spiro atoms. The molecule has 0 aliphatic carbocycles. The van der Waals surface area contributed by atoms with Crippen molar-refractivity contribution < 1.29 is 4.74 Å². The lowest BCUT2D eigenvalue weighted by atomic mass is 10.1. The minimum absolute atomic E-state index is 0.187. The highest BCUT2D eigenvalue weighted by Gasteiger charge is 2.06. The normalized spacial score (nSPS) is 12.5. The Labute approximate surface area is 153 Å². The van der Waals surface area contributed by atoms with Crippen LogP contribution < -0.4 is 0 Å². The van der Waals surface area contributed by atoms with Crippen LogP contribution in [0.4, 0.5) is 0 Å². The van der Waals surface area contributed by atoms with E-state index in [0.717, 1.165) is 6.42 Å². The van der Waals surface area contributed by atoms with Crippen molar-refractivity contribution >= 4 is 6.08 Å². The van der Waals surface area contributed by atoms with Crippen LogP contribution in [0.5, 0.6) is 0 Å². The Balaban J connectivity index is 1.83. The van der Waals surface area contributed by atoms with Gasteiger partial charge in [0.05, 0.1) is 12.7 Å². The SMILES string of the molecule is CCCCCCCCC(/C=C/c1ccccc1)OCc1ccccc1. The van der Waals surface area contributed by atoms with Gasteiger partial charge in [-0.2, -0.15) is 0 Å². The predicted molar refractivity (Wildman–Crippen MR) is 108 cm³/mol. The molecule has 0 bridgehead atoms. The Morgan fingerprint density at radius 2 is 1.44 bits per heavy atom. The summed E-state index contributed by atoms with van der Waals surface area (Å²) in [5.41, 5.74) is 2.47. The van der Waals surface area contributed by atoms with Crippen LogP contribution in [-0.4, -0.2) is 6.10 Å². The Morgan fingerprint density at radius 1 is 0.800 bits per heavy atom. The van der Waals surface area contributed by atoms with Gasteiger partial charge in [0.25, 0.3) is 0 Å². The van der Waals surface area contributed by atoms with Gasteiger partial charge in [-0.25, -0.2) is 0 Å². The van der Waals surface area contributed by atoms with Gasteiger partial charge in [0.1, 0.15) is 0 Å². The number of hydrogen-bond donors (Lipinski definition) is 0. The van der Waals surface area contributed by atoms with Gasteiger partial charge < -0.3 is 4.74 Å². The first-order chi connectivity index (χ1) is 12.4. The summed E-state index contributed by atoms with van der Waals surface area (Å²) < 4.78 is 6.19. The van der Waals surface area contributed by atoms with E-state index in [1.165, 1.54) is 49.7 Å². The van der Waals surface area contributed by atoms with Crippen LogP contribution in [0.2, 0.25) is 0 Å². The molecule has 1 unspecified atom stereocenters. The van der Waals surface area contributed by atoms with E-state index in [9.17, 15) is 0 Å². The third-order valence-corrected chi connectivity index (χ3v) is 4.45. The summed E-state index contributed by atoms with van der Waals surface area (Å²) in [7, 11) is 0. The van der Waals surface area contributed by atoms with E-state index >= 15 is 0 Å². The zero-order valence-corrected chi connectivity index (χ0v) is 15.6. The summed E-state index contributed by atoms with van der Waals surface area (Å²) in [4.78, 5) is 0. The average Bonchev–Trinajstić information content (AvgIpc) is 2.67. The lowest BCUT2D eigenvalue weighted by Crippen LogP contribution is -2.10. The Morgan fingerprint density at radius 3 is 2.16 bits per heavy atom. The molecule has 2 rings (SSSR count). The van der Waals surface area contributed by atoms with Gasteiger partial charge in [0.15, 0.2) is 0 Å². The van der Waals surface area contributed by atoms with Crippen molar-refractivity contribution in [1.29, 1.82) is 0 Å². The second-order valence-corrected chi connectivity index (χ2v) is 6.66. The van der Waals surface area contributed by atoms with E-state index in [4.69, 9.17) is 4.74 Å². The molecule has 0 amide bonds. The summed E-state index contributed by atoms with van der Waals surface area (Å²) in [5, 5.41) is 0. The largest absolute Gasteiger partial charge is 0.369 e. The molecule has 0 heterocycles. The molecule has 134 valence electrons. The molecule has 0 aliphatic rings. The molecule has 1 atom stereocenters. The number of unbranched alkanes of at least 4 members (excludes halogenated alkanes) is 5. The van der Waals surface area contributed by atoms with Gasteiger partial charge in [-0.05, 0) is 17.5 Å². The highest BCUT2D eigenvalue weighted by Crippen LogP contribution is 2.15. The Kier molecular flexibility index (Phi) is 9.73. The molecule has 0 saturated heterocycles. The number of hydrogen-bond acceptors (Lipinski definition) is 1. The first-order valence-electron chi connectivity index (χ1n) is 9.77. The van der Waals surface area contributed by atoms with Gasteiger partial charge in [-0.15, -0.1) is 0 Å². The molecule has 0 saturated carbocycles. The van der Waals surface area contributed by atoms with E-state index in [1.54, 1.807) is 0 Å². The monoisotopic (exact) mass is 336 g/mol. The zero-order valence-electron chi connectivity index (χ0n) is 15.6. The molecule has 0 fully saturated rings. The molecular formula is C24H32O. The molecule has 0 N–H and O–H groups in total. The minimum atomic E-state index is 0.187. The van der Waals surface area contributed by atoms with Crippen molar-refractivity contribution in [2.45, 2.75) is 64.6 Å². The minimum Gasteiger partial charge on any atom is -0.369 e. The van der Waals surface area contributed by atoms with Gasteiger partial charge in [0.2, 0.25) is 0 Å². The lowest BCUT2D eigenvalue weighted by molar-refractivity contribution is 0.0652. The van der Waals surface area contributed by atoms with Crippen LogP contribution in [0, 0.1) is 0 Å². The second kappa shape index (κ2) is 12.5. The van der Waals surface area contributed by atoms with Crippen LogP contribution in [-0.2, 0) is 11.3 Å². The van der Waals surface area contributed by atoms with Crippen LogP contribution in [0.3, 0.4) is 0 Å². The van der Waals surface area contributed by atoms with Crippen LogP contribution in [0.1, 0.15) is 63.0 Å². The number of ether oxygens (including phenoxy) is 1. The molecule has 0 radical (unpaired) electrons. The summed E-state index contributed by atoms with van der Waals surface area (Å²) >= 11 is 0. The molecule has 2 aromatic rings. The highest BCUT2D eigenvalue weighted by molar-refractivity contribution is 5.49. The van der Waals surface area contributed by atoms with Crippen molar-refractivity contribution in [2.75, 3.05) is 0 Å². The van der Waals surface area contributed by atoms with Crippen molar-refractivity contribution in [3.8, 4) is 0 Å². The van der Waals surface area contributed by atoms with E-state index in [-0.39, 0.29) is 6.10 Å². The molecule has 1 heteroatoms. The zero-order chi connectivity index (χ0) is 17.6. The van der Waals surface area contributed by atoms with Crippen molar-refractivity contribution in [1.82, 2.24) is 0 Å². The molecule has 1 nitrogen and oxygen atoms in total. The second-order valence-electron chi connectivity index (χ2n) is 6.66. The first kappa shape index (κ1) is 19.5. The summed E-state index contributed by atoms with van der Waals surface area (Å²) in [6, 6.07) is 20.9. The van der Waals surface area contributed by atoms with Crippen molar-refractivity contribution in [2.24, 2.45) is 0 Å². The van der Waals surface area contributed by atoms with Crippen molar-refractivity contribution in [3.63, 3.8) is 0 Å². The van der Waals surface area contributed by atoms with Gasteiger partial charge in [-0.1, -0.05) is 118 Å². The van der Waals surface area contributed by atoms with Gasteiger partial charge >= 0.3 is 0 Å². The predicted octanol–water partition coefficient (Wildman–Crippen LogP) is 7.04. The standard InChI is InChI=1S/C24H32O/c1-2-3-4-5-6-13-18-24(20-19-22-14-9-7-10-15-22)25-21-23-16-11-8-12-17-23/h7-12,14-17,19-20,24H,2-6,13,18,21H2,1H3/b20-19+. The molecule has 2 aromatic carbocycles. The maximum atomic E-state index is 6.19. The molecule has 0 aliphatic heterocycles. The van der Waals surface area contributed by atoms with E-state index in [0.29, 0.717) is 6.61 Å². The Bertz CT molecular complexity index is 574. The van der Waals surface area contributed by atoms with Crippen molar-refractivity contribution in [3.05, 3.63) is 77.9 Å². The van der Waals surface area contributed by atoms with Gasteiger partial charge in [0, 0.05) is 0 Å². The number of rotatable bonds is 12. The lowest BCUT2D eigenvalue weighted by Gasteiger charge is -2.14. The van der Waals surface area contributed by atoms with Crippen LogP contribution in [0.25, 0.3) is 6.08 Å². The highest BCUT2D eigenvalue weighted by atomic mass is 16.5. The fraction of sp³-hybridized carbons (Fsp3) is 0.417. The maximum Gasteiger partial charge on any atom is 0.0763 e. The van der Waals surface area contributed by atoms with Crippen LogP contribution >= 0.6 is 0 Å². The third-order valence-electron chi connectivity index (χ3n) is 4.45. The van der Waals surface area contributed by atoms with Crippen LogP contribution in [0.15, 0.2) is 66.7 Å². The summed E-state index contributed by atoms with van der Waals surface area (Å²) in [5.74, 6) is 0. The fourth-order valence-corrected chi connectivity index (χ4v) is 2.92. The average molecular weight is 337 g/mol. The smallest absolute Gasteiger partial charge is 0.0763 e. The fourth-order valence-electron chi connectivity index (χ4n) is 2.92. The molecule has 0 aromatic heterocycles. The quantitative estimate of drug-likeness (QED) is 0.378. The summed E-state index contributed by atoms with van der Waals surface area (Å²) in [6.07, 6.45) is 13.6. The first-order valence-corrected chi connectivity index (χ1v) is 9.77. The molecule has 25 heavy (non-hydrogen) atoms. The third kappa shape index (κ3) is 8.69. The Hall–Kier alpha value is -1.86. The van der Waals surface area contributed by atoms with E-state index < -0.39 is 0 Å². The van der Waals surface area contributed by atoms with Gasteiger partial charge in [-0.3, -0.25) is 0 Å². The van der Waals surface area contributed by atoms with E-state index in [1.807, 2.05) is 6.07 Å². The summed E-state index contributed by atoms with van der Waals surface area (Å²) in [6.45, 7) is 2.95. The topological polar surface area (TPSA) is 9.23 Å². The van der Waals surface area contributed by atoms with E-state index in [2.05, 4.69) is 73.7 Å². The molecular weight excluding hydrogens is 304 g/mol. The number of benzene rings is 2. The maximum absolute atomic E-state index is 6.19.